The van der Waals surface area contributed by atoms with E-state index in [4.69, 9.17) is 10.2 Å². The number of nitrogens with one attached hydrogen (secondary N) is 2. The van der Waals surface area contributed by atoms with Gasteiger partial charge in [-0.1, -0.05) is 9.79 Å². The number of hydrogen-bond acceptors (Lipinski definition) is 5. The van der Waals surface area contributed by atoms with Gasteiger partial charge in [-0.2, -0.15) is 0 Å². The van der Waals surface area contributed by atoms with Crippen molar-refractivity contribution in [2.24, 2.45) is 0 Å². The molecule has 0 unspecified atom stereocenters. The van der Waals surface area contributed by atoms with Gasteiger partial charge in [-0.3, -0.25) is 4.79 Å². The van der Waals surface area contributed by atoms with Gasteiger partial charge < -0.3 is 15.5 Å². The molecule has 0 aliphatic rings. The second-order valence-corrected chi connectivity index (χ2v) is 2.76. The Bertz CT molecular complexity index is 382. The van der Waals surface area contributed by atoms with Gasteiger partial charge in [0.15, 0.2) is 4.60 Å². The summed E-state index contributed by atoms with van der Waals surface area (Å²) >= 11 is 0. The third-order valence-electron chi connectivity index (χ3n) is 1.74. The average Bonchev–Trinajstić information content (AvgIpc) is 2.59. The molecule has 1 rings (SSSR count). The van der Waals surface area contributed by atoms with Crippen LogP contribution < -0.4 is 9.92 Å². The molecule has 0 saturated heterocycles. The first-order chi connectivity index (χ1) is 7.20. The van der Waals surface area contributed by atoms with E-state index in [1.54, 1.807) is 0 Å². The topological polar surface area (TPSA) is 121 Å². The molecule has 0 aliphatic carbocycles. The number of rotatable bonds is 5. The molecule has 1 aromatic rings. The fourth-order valence-electron chi connectivity index (χ4n) is 0.976. The molecule has 0 radical (unpaired) electrons. The zero-order valence-electron chi connectivity index (χ0n) is 7.89. The molecule has 0 atom stereocenters. The van der Waals surface area contributed by atoms with Gasteiger partial charge in [0.05, 0.1) is 0 Å². The minimum absolute atomic E-state index is 0.0287. The van der Waals surface area contributed by atoms with E-state index in [0.717, 1.165) is 0 Å². The summed E-state index contributed by atoms with van der Waals surface area (Å²) in [6.07, 6.45) is 0.412. The number of amides is 1. The first-order valence-electron chi connectivity index (χ1n) is 4.34. The van der Waals surface area contributed by atoms with Crippen LogP contribution in [0.4, 0.5) is 0 Å². The number of carbonyl (C=O) groups is 1. The van der Waals surface area contributed by atoms with Crippen molar-refractivity contribution < 1.29 is 24.2 Å². The second-order valence-electron chi connectivity index (χ2n) is 2.76. The van der Waals surface area contributed by atoms with Crippen LogP contribution in [0.5, 0.6) is 0 Å². The van der Waals surface area contributed by atoms with Crippen LogP contribution in [0.15, 0.2) is 4.63 Å². The molecule has 0 spiro atoms. The highest BCUT2D eigenvalue weighted by Crippen LogP contribution is 1.98. The van der Waals surface area contributed by atoms with Gasteiger partial charge in [0.1, 0.15) is 6.61 Å². The lowest BCUT2D eigenvalue weighted by Crippen LogP contribution is -2.28. The molecule has 1 heterocycles. The molecular formula is C7H12N3O5+. The highest BCUT2D eigenvalue weighted by Gasteiger charge is 2.25. The van der Waals surface area contributed by atoms with Crippen LogP contribution in [0.2, 0.25) is 0 Å². The number of aromatic amines is 1. The predicted molar refractivity (Wildman–Crippen MR) is 46.4 cm³/mol. The molecule has 0 fully saturated rings. The minimum atomic E-state index is -0.598. The van der Waals surface area contributed by atoms with Gasteiger partial charge in [-0.15, -0.1) is 0 Å². The Kier molecular flexibility index (Phi) is 4.01. The zero-order valence-corrected chi connectivity index (χ0v) is 7.89. The van der Waals surface area contributed by atoms with E-state index in [9.17, 15) is 9.70 Å². The Labute approximate surface area is 84.0 Å². The lowest BCUT2D eigenvalue weighted by molar-refractivity contribution is -0.720. The predicted octanol–water partition coefficient (Wildman–Crippen LogP) is -1.87. The van der Waals surface area contributed by atoms with Crippen LogP contribution in [0.25, 0.3) is 0 Å². The van der Waals surface area contributed by atoms with Gasteiger partial charge >= 0.3 is 0 Å². The summed E-state index contributed by atoms with van der Waals surface area (Å²) in [5.41, 5.74) is -0.304. The number of aromatic nitrogens is 2. The van der Waals surface area contributed by atoms with Crippen LogP contribution in [-0.2, 0) is 6.61 Å². The summed E-state index contributed by atoms with van der Waals surface area (Å²) in [5.74, 6) is -0.564. The lowest BCUT2D eigenvalue weighted by atomic mass is 10.3. The number of aliphatic hydroxyl groups is 2. The van der Waals surface area contributed by atoms with Crippen molar-refractivity contribution in [3.63, 3.8) is 0 Å². The van der Waals surface area contributed by atoms with Crippen molar-refractivity contribution in [2.45, 2.75) is 13.0 Å². The fraction of sp³-hybridized carbons (Fsp3) is 0.571. The van der Waals surface area contributed by atoms with E-state index in [2.05, 4.69) is 15.1 Å². The van der Waals surface area contributed by atoms with E-state index in [-0.39, 0.29) is 29.1 Å². The Hall–Kier alpha value is -1.67. The van der Waals surface area contributed by atoms with Gasteiger partial charge in [0.2, 0.25) is 0 Å². The normalized spacial score (nSPS) is 10.3. The van der Waals surface area contributed by atoms with E-state index >= 15 is 0 Å². The monoisotopic (exact) mass is 218 g/mol. The minimum Gasteiger partial charge on any atom is -0.396 e. The van der Waals surface area contributed by atoms with Gasteiger partial charge in [-0.05, 0) is 11.3 Å². The van der Waals surface area contributed by atoms with Crippen LogP contribution in [0.1, 0.15) is 22.6 Å². The molecule has 1 aromatic heterocycles. The number of hydrogen-bond donors (Lipinski definition) is 4. The molecule has 4 N–H and O–H groups in total. The van der Waals surface area contributed by atoms with Crippen LogP contribution in [0, 0.1) is 4.91 Å². The van der Waals surface area contributed by atoms with Gasteiger partial charge in [0.25, 0.3) is 17.3 Å². The number of carbonyl (C=O) groups excluding carboxylic acids is 1. The fourth-order valence-corrected chi connectivity index (χ4v) is 0.976. The summed E-state index contributed by atoms with van der Waals surface area (Å²) in [5, 5.41) is 21.8. The van der Waals surface area contributed by atoms with E-state index < -0.39 is 12.5 Å². The SMILES string of the molecule is O=C(NCCCO)c1[nH]o[n+](=O)c1CO. The molecule has 1 amide bonds. The van der Waals surface area contributed by atoms with Crippen molar-refractivity contribution in [3.8, 4) is 0 Å². The van der Waals surface area contributed by atoms with Crippen LogP contribution in [0.3, 0.4) is 0 Å². The molecule has 8 nitrogen and oxygen atoms in total. The highest BCUT2D eigenvalue weighted by molar-refractivity contribution is 5.92. The molecule has 0 bridgehead atoms. The van der Waals surface area contributed by atoms with Crippen molar-refractivity contribution in [3.05, 3.63) is 16.3 Å². The van der Waals surface area contributed by atoms with E-state index in [1.165, 1.54) is 0 Å². The van der Waals surface area contributed by atoms with Crippen molar-refractivity contribution in [1.29, 1.82) is 0 Å². The summed E-state index contributed by atoms with van der Waals surface area (Å²) < 4.78 is 4.31. The quantitative estimate of drug-likeness (QED) is 0.431. The van der Waals surface area contributed by atoms with Crippen LogP contribution in [-0.4, -0.2) is 34.4 Å². The number of aliphatic hydroxyl groups excluding tert-OH is 2. The maximum atomic E-state index is 11.4. The molecule has 0 saturated carbocycles. The van der Waals surface area contributed by atoms with E-state index in [1.807, 2.05) is 0 Å². The maximum Gasteiger partial charge on any atom is 0.299 e. The van der Waals surface area contributed by atoms with Crippen molar-refractivity contribution >= 4 is 5.91 Å². The third-order valence-corrected chi connectivity index (χ3v) is 1.74. The van der Waals surface area contributed by atoms with E-state index in [0.29, 0.717) is 6.42 Å². The first kappa shape index (κ1) is 11.4. The largest absolute Gasteiger partial charge is 0.396 e. The first-order valence-corrected chi connectivity index (χ1v) is 4.34. The summed E-state index contributed by atoms with van der Waals surface area (Å²) in [7, 11) is 0. The smallest absolute Gasteiger partial charge is 0.299 e. The Morgan fingerprint density at radius 1 is 1.53 bits per heavy atom. The van der Waals surface area contributed by atoms with Crippen molar-refractivity contribution in [1.82, 2.24) is 10.5 Å². The summed E-state index contributed by atoms with van der Waals surface area (Å²) in [4.78, 5) is 22.2. The molecule has 0 aliphatic heterocycles. The molecule has 84 valence electrons. The van der Waals surface area contributed by atoms with Gasteiger partial charge in [0, 0.05) is 13.2 Å². The average molecular weight is 218 g/mol. The standard InChI is InChI=1S/C7H11N3O5/c11-3-1-2-8-7(13)6-5(4-12)10(14)15-9-6/h11-12H,1-4H2,(H-,8,9,13,14)/p+1. The molecule has 8 heteroatoms. The Balaban J connectivity index is 2.69. The maximum absolute atomic E-state index is 11.4. The number of nitrogens with zero attached hydrogens (tertiary/aromatic N) is 1. The lowest BCUT2D eigenvalue weighted by Gasteiger charge is -1.98. The molecule has 0 aromatic carbocycles. The Morgan fingerprint density at radius 3 is 2.87 bits per heavy atom. The molecular weight excluding hydrogens is 206 g/mol. The summed E-state index contributed by atoms with van der Waals surface area (Å²) in [6.45, 7) is -0.360. The van der Waals surface area contributed by atoms with Crippen LogP contribution >= 0.6 is 0 Å². The third kappa shape index (κ3) is 2.64. The number of H-pyrrole nitrogens is 1. The zero-order chi connectivity index (χ0) is 11.3. The highest BCUT2D eigenvalue weighted by atomic mass is 16.7. The molecule has 15 heavy (non-hydrogen) atoms. The second kappa shape index (κ2) is 5.27. The van der Waals surface area contributed by atoms with Crippen molar-refractivity contribution in [2.75, 3.05) is 13.2 Å². The van der Waals surface area contributed by atoms with Gasteiger partial charge in [-0.25, -0.2) is 0 Å². The summed E-state index contributed by atoms with van der Waals surface area (Å²) in [6, 6.07) is 0. The Morgan fingerprint density at radius 2 is 2.27 bits per heavy atom.